The normalized spacial score (nSPS) is 17.0. The van der Waals surface area contributed by atoms with E-state index >= 15 is 0 Å². The number of hydrogen-bond donors (Lipinski definition) is 0. The topological polar surface area (TPSA) is 26.3 Å². The number of alkyl halides is 7. The van der Waals surface area contributed by atoms with Crippen LogP contribution in [0, 0.1) is 11.8 Å². The lowest BCUT2D eigenvalue weighted by Gasteiger charge is -2.29. The molecule has 0 aromatic carbocycles. The zero-order valence-electron chi connectivity index (χ0n) is 12.9. The second-order valence-corrected chi connectivity index (χ2v) is 7.63. The van der Waals surface area contributed by atoms with Crippen LogP contribution < -0.4 is 0 Å². The Morgan fingerprint density at radius 3 is 2.00 bits per heavy atom. The zero-order chi connectivity index (χ0) is 18.5. The summed E-state index contributed by atoms with van der Waals surface area (Å²) >= 11 is 6.42. The highest BCUT2D eigenvalue weighted by Gasteiger charge is 2.45. The molecule has 0 fully saturated rings. The van der Waals surface area contributed by atoms with Gasteiger partial charge in [-0.05, 0) is 18.8 Å². The van der Waals surface area contributed by atoms with E-state index in [9.17, 15) is 31.1 Å². The third-order valence-corrected chi connectivity index (χ3v) is 5.12. The Morgan fingerprint density at radius 1 is 1.13 bits per heavy atom. The Morgan fingerprint density at radius 2 is 1.65 bits per heavy atom. The molecule has 0 amide bonds. The van der Waals surface area contributed by atoms with Gasteiger partial charge >= 0.3 is 18.3 Å². The van der Waals surface area contributed by atoms with E-state index in [1.54, 1.807) is 0 Å². The van der Waals surface area contributed by atoms with Gasteiger partial charge in [-0.3, -0.25) is 0 Å². The quantitative estimate of drug-likeness (QED) is 0.316. The summed E-state index contributed by atoms with van der Waals surface area (Å²) in [6.45, 7) is 2.76. The monoisotopic (exact) mass is 388 g/mol. The molecule has 0 saturated heterocycles. The van der Waals surface area contributed by atoms with Crippen molar-refractivity contribution in [3.8, 4) is 0 Å². The standard InChI is InChI=1S/C13H19ClF6O2S/c1-8(2)9(13(18,19)20)4-5-11(14,10(21)22-3)23-7-6-12(15,16)17/h8-9H,4-7H2,1-3H3. The van der Waals surface area contributed by atoms with Crippen molar-refractivity contribution in [2.75, 3.05) is 12.9 Å². The molecule has 0 radical (unpaired) electrons. The molecule has 23 heavy (non-hydrogen) atoms. The van der Waals surface area contributed by atoms with Crippen LogP contribution in [0.5, 0.6) is 0 Å². The van der Waals surface area contributed by atoms with Crippen molar-refractivity contribution in [2.45, 2.75) is 49.7 Å². The molecule has 138 valence electrons. The van der Waals surface area contributed by atoms with Gasteiger partial charge in [0, 0.05) is 5.75 Å². The fourth-order valence-electron chi connectivity index (χ4n) is 1.93. The third-order valence-electron chi connectivity index (χ3n) is 3.21. The summed E-state index contributed by atoms with van der Waals surface area (Å²) < 4.78 is 77.7. The van der Waals surface area contributed by atoms with Gasteiger partial charge in [-0.1, -0.05) is 25.4 Å². The third kappa shape index (κ3) is 8.37. The van der Waals surface area contributed by atoms with E-state index in [1.165, 1.54) is 13.8 Å². The average Bonchev–Trinajstić information content (AvgIpc) is 2.34. The Kier molecular flexibility index (Phi) is 8.57. The summed E-state index contributed by atoms with van der Waals surface area (Å²) in [5, 5.41) is 0. The lowest BCUT2D eigenvalue weighted by Crippen LogP contribution is -2.35. The van der Waals surface area contributed by atoms with Gasteiger partial charge in [-0.15, -0.1) is 11.8 Å². The summed E-state index contributed by atoms with van der Waals surface area (Å²) in [6, 6.07) is 0. The molecule has 2 nitrogen and oxygen atoms in total. The first-order valence-electron chi connectivity index (χ1n) is 6.77. The van der Waals surface area contributed by atoms with E-state index in [0.717, 1.165) is 7.11 Å². The maximum atomic E-state index is 12.9. The smallest absolute Gasteiger partial charge is 0.392 e. The van der Waals surface area contributed by atoms with Gasteiger partial charge in [0.25, 0.3) is 0 Å². The molecular formula is C13H19ClF6O2S. The molecular weight excluding hydrogens is 370 g/mol. The van der Waals surface area contributed by atoms with Crippen LogP contribution in [0.4, 0.5) is 26.3 Å². The van der Waals surface area contributed by atoms with Crippen molar-refractivity contribution < 1.29 is 35.9 Å². The number of ether oxygens (including phenoxy) is 1. The van der Waals surface area contributed by atoms with Crippen LogP contribution in [0.3, 0.4) is 0 Å². The van der Waals surface area contributed by atoms with Crippen molar-refractivity contribution in [1.82, 2.24) is 0 Å². The molecule has 10 heteroatoms. The summed E-state index contributed by atoms with van der Waals surface area (Å²) in [5.41, 5.74) is 0. The predicted octanol–water partition coefficient (Wildman–Crippen LogP) is 5.39. The fourth-order valence-corrected chi connectivity index (χ4v) is 3.47. The van der Waals surface area contributed by atoms with Crippen LogP contribution in [0.2, 0.25) is 0 Å². The maximum Gasteiger partial charge on any atom is 0.392 e. The fraction of sp³-hybridized carbons (Fsp3) is 0.923. The molecule has 0 N–H and O–H groups in total. The van der Waals surface area contributed by atoms with E-state index in [-0.39, 0.29) is 0 Å². The van der Waals surface area contributed by atoms with Gasteiger partial charge in [0.1, 0.15) is 0 Å². The molecule has 0 bridgehead atoms. The van der Waals surface area contributed by atoms with Gasteiger partial charge in [-0.2, -0.15) is 26.3 Å². The van der Waals surface area contributed by atoms with Gasteiger partial charge in [0.15, 0.2) is 4.21 Å². The number of halogens is 7. The van der Waals surface area contributed by atoms with Crippen LogP contribution in [0.25, 0.3) is 0 Å². The Bertz CT molecular complexity index is 386. The summed E-state index contributed by atoms with van der Waals surface area (Å²) in [6.07, 6.45) is -11.0. The maximum absolute atomic E-state index is 12.9. The largest absolute Gasteiger partial charge is 0.467 e. The van der Waals surface area contributed by atoms with Crippen molar-refractivity contribution in [2.24, 2.45) is 11.8 Å². The second kappa shape index (κ2) is 8.69. The summed E-state index contributed by atoms with van der Waals surface area (Å²) in [4.78, 5) is 11.7. The highest BCUT2D eigenvalue weighted by Crippen LogP contribution is 2.43. The summed E-state index contributed by atoms with van der Waals surface area (Å²) in [7, 11) is 0.980. The Balaban J connectivity index is 4.94. The Hall–Kier alpha value is -0.310. The zero-order valence-corrected chi connectivity index (χ0v) is 14.4. The van der Waals surface area contributed by atoms with Gasteiger partial charge in [0.05, 0.1) is 19.4 Å². The SMILES string of the molecule is COC(=O)C(Cl)(CCC(C(C)C)C(F)(F)F)SCCC(F)(F)F. The van der Waals surface area contributed by atoms with Gasteiger partial charge in [0.2, 0.25) is 0 Å². The number of esters is 1. The molecule has 0 aliphatic carbocycles. The number of methoxy groups -OCH3 is 1. The molecule has 0 heterocycles. The van der Waals surface area contributed by atoms with Crippen LogP contribution in [0.15, 0.2) is 0 Å². The lowest BCUT2D eigenvalue weighted by atomic mass is 9.90. The van der Waals surface area contributed by atoms with Crippen LogP contribution in [-0.2, 0) is 9.53 Å². The lowest BCUT2D eigenvalue weighted by molar-refractivity contribution is -0.188. The molecule has 2 atom stereocenters. The molecule has 0 aliphatic rings. The average molecular weight is 389 g/mol. The Labute approximate surface area is 140 Å². The van der Waals surface area contributed by atoms with E-state index in [1.807, 2.05) is 0 Å². The van der Waals surface area contributed by atoms with E-state index < -0.39 is 59.4 Å². The molecule has 0 aromatic heterocycles. The molecule has 0 saturated carbocycles. The number of hydrogen-bond acceptors (Lipinski definition) is 3. The number of carbonyl (C=O) groups excluding carboxylic acids is 1. The molecule has 0 aliphatic heterocycles. The van der Waals surface area contributed by atoms with Crippen LogP contribution in [-0.4, -0.2) is 35.4 Å². The minimum absolute atomic E-state index is 0.438. The van der Waals surface area contributed by atoms with Crippen molar-refractivity contribution in [3.05, 3.63) is 0 Å². The summed E-state index contributed by atoms with van der Waals surface area (Å²) in [5.74, 6) is -4.03. The minimum Gasteiger partial charge on any atom is -0.467 e. The van der Waals surface area contributed by atoms with E-state index in [4.69, 9.17) is 11.6 Å². The van der Waals surface area contributed by atoms with Crippen molar-refractivity contribution in [3.63, 3.8) is 0 Å². The van der Waals surface area contributed by atoms with Gasteiger partial charge < -0.3 is 4.74 Å². The van der Waals surface area contributed by atoms with E-state index in [0.29, 0.717) is 11.8 Å². The molecule has 0 aromatic rings. The molecule has 0 rings (SSSR count). The highest BCUT2D eigenvalue weighted by atomic mass is 35.5. The van der Waals surface area contributed by atoms with E-state index in [2.05, 4.69) is 4.74 Å². The first kappa shape index (κ1) is 22.7. The number of thioether (sulfide) groups is 1. The highest BCUT2D eigenvalue weighted by molar-refractivity contribution is 8.02. The van der Waals surface area contributed by atoms with Gasteiger partial charge in [-0.25, -0.2) is 4.79 Å². The van der Waals surface area contributed by atoms with Crippen molar-refractivity contribution in [1.29, 1.82) is 0 Å². The van der Waals surface area contributed by atoms with Crippen LogP contribution in [0.1, 0.15) is 33.1 Å². The molecule has 0 spiro atoms. The van der Waals surface area contributed by atoms with Crippen LogP contribution >= 0.6 is 23.4 Å². The first-order valence-corrected chi connectivity index (χ1v) is 8.14. The van der Waals surface area contributed by atoms with Crippen molar-refractivity contribution >= 4 is 29.3 Å². The number of carbonyl (C=O) groups is 1. The second-order valence-electron chi connectivity index (χ2n) is 5.36. The number of rotatable bonds is 8. The predicted molar refractivity (Wildman–Crippen MR) is 77.3 cm³/mol. The first-order chi connectivity index (χ1) is 10.2. The minimum atomic E-state index is -4.47. The molecule has 2 unspecified atom stereocenters.